The Labute approximate surface area is 127 Å². The summed E-state index contributed by atoms with van der Waals surface area (Å²) < 4.78 is 3.69. The van der Waals surface area contributed by atoms with Gasteiger partial charge in [0, 0.05) is 25.5 Å². The first-order valence-electron chi connectivity index (χ1n) is 6.73. The molecule has 0 spiro atoms. The molecule has 0 saturated heterocycles. The van der Waals surface area contributed by atoms with E-state index in [4.69, 9.17) is 0 Å². The van der Waals surface area contributed by atoms with Gasteiger partial charge in [0.25, 0.3) is 0 Å². The number of hydrogen-bond acceptors (Lipinski definition) is 6. The van der Waals surface area contributed by atoms with Crippen LogP contribution in [0.3, 0.4) is 0 Å². The predicted molar refractivity (Wildman–Crippen MR) is 79.6 cm³/mol. The van der Waals surface area contributed by atoms with Crippen LogP contribution < -0.4 is 5.32 Å². The third kappa shape index (κ3) is 4.85. The molecule has 0 aromatic carbocycles. The number of amides is 1. The molecule has 0 aliphatic carbocycles. The molecular weight excluding hydrogens is 290 g/mol. The van der Waals surface area contributed by atoms with Crippen molar-refractivity contribution in [2.75, 3.05) is 12.3 Å². The number of tetrazole rings is 1. The molecule has 1 amide bonds. The number of carbonyl (C=O) groups is 1. The first-order chi connectivity index (χ1) is 10.2. The Balaban J connectivity index is 1.64. The normalized spacial score (nSPS) is 11.0. The van der Waals surface area contributed by atoms with E-state index in [0.717, 1.165) is 12.4 Å². The van der Waals surface area contributed by atoms with E-state index in [1.165, 1.54) is 11.8 Å². The Morgan fingerprint density at radius 1 is 1.48 bits per heavy atom. The summed E-state index contributed by atoms with van der Waals surface area (Å²) in [5.41, 5.74) is 0. The third-order valence-electron chi connectivity index (χ3n) is 2.77. The molecule has 2 aromatic rings. The summed E-state index contributed by atoms with van der Waals surface area (Å²) in [6.45, 7) is 5.36. The van der Waals surface area contributed by atoms with Crippen molar-refractivity contribution < 1.29 is 4.79 Å². The van der Waals surface area contributed by atoms with Gasteiger partial charge in [-0.15, -0.1) is 16.9 Å². The van der Waals surface area contributed by atoms with E-state index in [1.807, 2.05) is 24.6 Å². The molecule has 0 atom stereocenters. The van der Waals surface area contributed by atoms with Crippen LogP contribution in [-0.4, -0.2) is 48.0 Å². The highest BCUT2D eigenvalue weighted by Gasteiger charge is 2.10. The molecule has 8 nitrogen and oxygen atoms in total. The largest absolute Gasteiger partial charge is 0.354 e. The van der Waals surface area contributed by atoms with Crippen LogP contribution in [0.15, 0.2) is 18.7 Å². The zero-order chi connectivity index (χ0) is 15.1. The molecule has 9 heteroatoms. The van der Waals surface area contributed by atoms with Gasteiger partial charge in [-0.3, -0.25) is 4.79 Å². The lowest BCUT2D eigenvalue weighted by Crippen LogP contribution is -2.28. The van der Waals surface area contributed by atoms with Crippen LogP contribution >= 0.6 is 11.8 Å². The van der Waals surface area contributed by atoms with E-state index in [1.54, 1.807) is 17.2 Å². The minimum Gasteiger partial charge on any atom is -0.354 e. The van der Waals surface area contributed by atoms with Gasteiger partial charge in [-0.1, -0.05) is 0 Å². The summed E-state index contributed by atoms with van der Waals surface area (Å²) in [5.74, 6) is 1.83. The van der Waals surface area contributed by atoms with Crippen molar-refractivity contribution in [3.05, 3.63) is 24.5 Å². The number of aromatic nitrogens is 6. The zero-order valence-electron chi connectivity index (χ0n) is 12.1. The molecule has 0 saturated carbocycles. The van der Waals surface area contributed by atoms with Gasteiger partial charge in [0.2, 0.25) is 5.91 Å². The second kappa shape index (κ2) is 7.77. The molecule has 2 heterocycles. The first kappa shape index (κ1) is 15.5. The van der Waals surface area contributed by atoms with Crippen molar-refractivity contribution in [2.45, 2.75) is 32.2 Å². The first-order valence-corrected chi connectivity index (χ1v) is 7.89. The van der Waals surface area contributed by atoms with Gasteiger partial charge in [0.15, 0.2) is 5.82 Å². The maximum atomic E-state index is 11.7. The number of nitrogens with zero attached hydrogens (tertiary/aromatic N) is 6. The second-order valence-electron chi connectivity index (χ2n) is 4.78. The van der Waals surface area contributed by atoms with Crippen molar-refractivity contribution in [3.8, 4) is 0 Å². The van der Waals surface area contributed by atoms with E-state index in [0.29, 0.717) is 18.1 Å². The molecule has 2 rings (SSSR count). The molecule has 114 valence electrons. The highest BCUT2D eigenvalue weighted by atomic mass is 32.2. The summed E-state index contributed by atoms with van der Waals surface area (Å²) in [7, 11) is 0. The Kier molecular flexibility index (Phi) is 5.73. The Morgan fingerprint density at radius 3 is 3.05 bits per heavy atom. The molecule has 1 N–H and O–H groups in total. The fourth-order valence-electron chi connectivity index (χ4n) is 1.74. The summed E-state index contributed by atoms with van der Waals surface area (Å²) in [5, 5.41) is 14.4. The third-order valence-corrected chi connectivity index (χ3v) is 3.69. The molecule has 0 radical (unpaired) electrons. The number of rotatable bonds is 8. The number of thioether (sulfide) groups is 1. The predicted octanol–water partition coefficient (Wildman–Crippen LogP) is 0.500. The fourth-order valence-corrected chi connectivity index (χ4v) is 2.50. The van der Waals surface area contributed by atoms with E-state index in [-0.39, 0.29) is 11.9 Å². The van der Waals surface area contributed by atoms with Crippen molar-refractivity contribution in [1.82, 2.24) is 35.1 Å². The van der Waals surface area contributed by atoms with Crippen LogP contribution in [0.25, 0.3) is 0 Å². The van der Waals surface area contributed by atoms with E-state index in [9.17, 15) is 4.79 Å². The van der Waals surface area contributed by atoms with Crippen LogP contribution in [0, 0.1) is 0 Å². The highest BCUT2D eigenvalue weighted by Crippen LogP contribution is 2.12. The lowest BCUT2D eigenvalue weighted by molar-refractivity contribution is -0.118. The standard InChI is InChI=1S/C12H19N7OS/c1-10(2)19-11(15-16-17-19)7-21-8-12(20)14-4-6-18-5-3-13-9-18/h3,5,9-10H,4,6-8H2,1-2H3,(H,14,20). The number of imidazole rings is 1. The van der Waals surface area contributed by atoms with Crippen molar-refractivity contribution >= 4 is 17.7 Å². The average molecular weight is 309 g/mol. The molecule has 21 heavy (non-hydrogen) atoms. The van der Waals surface area contributed by atoms with Gasteiger partial charge in [-0.05, 0) is 24.3 Å². The van der Waals surface area contributed by atoms with Crippen molar-refractivity contribution in [3.63, 3.8) is 0 Å². The van der Waals surface area contributed by atoms with E-state index >= 15 is 0 Å². The number of carbonyl (C=O) groups excluding carboxylic acids is 1. The van der Waals surface area contributed by atoms with Gasteiger partial charge in [-0.25, -0.2) is 9.67 Å². The van der Waals surface area contributed by atoms with Gasteiger partial charge in [0.05, 0.1) is 23.9 Å². The zero-order valence-corrected chi connectivity index (χ0v) is 13.0. The number of nitrogens with one attached hydrogen (secondary N) is 1. The van der Waals surface area contributed by atoms with Gasteiger partial charge in [-0.2, -0.15) is 0 Å². The molecular formula is C12H19N7OS. The quantitative estimate of drug-likeness (QED) is 0.763. The summed E-state index contributed by atoms with van der Waals surface area (Å²) in [4.78, 5) is 15.6. The maximum absolute atomic E-state index is 11.7. The molecule has 2 aromatic heterocycles. The molecule has 0 bridgehead atoms. The van der Waals surface area contributed by atoms with E-state index in [2.05, 4.69) is 25.8 Å². The Hall–Kier alpha value is -1.90. The molecule has 0 aliphatic heterocycles. The monoisotopic (exact) mass is 309 g/mol. The lowest BCUT2D eigenvalue weighted by atomic mass is 10.4. The minimum absolute atomic E-state index is 0.0173. The molecule has 0 unspecified atom stereocenters. The van der Waals surface area contributed by atoms with Gasteiger partial charge < -0.3 is 9.88 Å². The summed E-state index contributed by atoms with van der Waals surface area (Å²) in [6, 6.07) is 0.222. The molecule has 0 fully saturated rings. The lowest BCUT2D eigenvalue weighted by Gasteiger charge is -2.08. The highest BCUT2D eigenvalue weighted by molar-refractivity contribution is 7.99. The average Bonchev–Trinajstić information content (AvgIpc) is 3.09. The minimum atomic E-state index is 0.0173. The Bertz CT molecular complexity index is 552. The van der Waals surface area contributed by atoms with Crippen LogP contribution in [0.4, 0.5) is 0 Å². The fraction of sp³-hybridized carbons (Fsp3) is 0.583. The van der Waals surface area contributed by atoms with Crippen molar-refractivity contribution in [1.29, 1.82) is 0 Å². The second-order valence-corrected chi connectivity index (χ2v) is 5.76. The van der Waals surface area contributed by atoms with Gasteiger partial charge >= 0.3 is 0 Å². The van der Waals surface area contributed by atoms with Crippen molar-refractivity contribution in [2.24, 2.45) is 0 Å². The van der Waals surface area contributed by atoms with Crippen LogP contribution in [0.1, 0.15) is 25.7 Å². The smallest absolute Gasteiger partial charge is 0.230 e. The van der Waals surface area contributed by atoms with Crippen LogP contribution in [0.2, 0.25) is 0 Å². The Morgan fingerprint density at radius 2 is 2.33 bits per heavy atom. The van der Waals surface area contributed by atoms with Crippen LogP contribution in [0.5, 0.6) is 0 Å². The molecule has 0 aliphatic rings. The SMILES string of the molecule is CC(C)n1nnnc1CSCC(=O)NCCn1ccnc1. The topological polar surface area (TPSA) is 90.5 Å². The summed E-state index contributed by atoms with van der Waals surface area (Å²) in [6.07, 6.45) is 5.32. The summed E-state index contributed by atoms with van der Waals surface area (Å²) >= 11 is 1.50. The van der Waals surface area contributed by atoms with Crippen LogP contribution in [-0.2, 0) is 17.1 Å². The maximum Gasteiger partial charge on any atom is 0.230 e. The van der Waals surface area contributed by atoms with Gasteiger partial charge in [0.1, 0.15) is 0 Å². The van der Waals surface area contributed by atoms with E-state index < -0.39 is 0 Å². The number of hydrogen-bond donors (Lipinski definition) is 1.